The number of nitrogens with two attached hydrogens (primary N) is 1. The summed E-state index contributed by atoms with van der Waals surface area (Å²) in [6, 6.07) is 27.1. The summed E-state index contributed by atoms with van der Waals surface area (Å²) in [6.45, 7) is 2.05. The van der Waals surface area contributed by atoms with Crippen molar-refractivity contribution in [1.82, 2.24) is 4.98 Å². The molecule has 0 radical (unpaired) electrons. The van der Waals surface area contributed by atoms with Crippen molar-refractivity contribution in [3.8, 4) is 11.3 Å². The van der Waals surface area contributed by atoms with E-state index < -0.39 is 10.1 Å². The standard InChI is InChI=1S/C33H30N5O3S/c1-22-7-12-28(13-8-22)42(39,40)41-21-23-17-27(18-23)33-37-32(31-20-35-15-16-38(31,33)34)26-10-9-25-11-14-29(36-30(25)19-26)24-5-3-2-4-6-24/h2-16,19-20,23,27H,17-18,21,34H2,1H3/q+1/t23-,27+,38?. The molecule has 3 heterocycles. The first kappa shape index (κ1) is 26.6. The number of quaternary nitrogens is 1. The summed E-state index contributed by atoms with van der Waals surface area (Å²) in [7, 11) is -3.80. The maximum Gasteiger partial charge on any atom is 0.296 e. The molecule has 2 aliphatic heterocycles. The lowest BCUT2D eigenvalue weighted by Crippen LogP contribution is -2.57. The Morgan fingerprint density at radius 1 is 0.952 bits per heavy atom. The molecule has 8 nitrogen and oxygen atoms in total. The summed E-state index contributed by atoms with van der Waals surface area (Å²) < 4.78 is 30.7. The van der Waals surface area contributed by atoms with Gasteiger partial charge >= 0.3 is 0 Å². The van der Waals surface area contributed by atoms with Gasteiger partial charge < -0.3 is 0 Å². The summed E-state index contributed by atoms with van der Waals surface area (Å²) in [4.78, 5) is 14.6. The zero-order valence-electron chi connectivity index (χ0n) is 23.1. The van der Waals surface area contributed by atoms with Gasteiger partial charge in [-0.15, -0.1) is 4.59 Å². The molecule has 4 aromatic rings. The molecule has 0 spiro atoms. The van der Waals surface area contributed by atoms with Gasteiger partial charge in [0.25, 0.3) is 10.1 Å². The highest BCUT2D eigenvalue weighted by atomic mass is 32.2. The van der Waals surface area contributed by atoms with E-state index in [0.717, 1.165) is 63.4 Å². The zero-order valence-corrected chi connectivity index (χ0v) is 23.9. The molecule has 1 fully saturated rings. The van der Waals surface area contributed by atoms with Crippen molar-refractivity contribution in [3.05, 3.63) is 114 Å². The van der Waals surface area contributed by atoms with Crippen LogP contribution in [0.15, 0.2) is 118 Å². The lowest BCUT2D eigenvalue weighted by atomic mass is 9.74. The Kier molecular flexibility index (Phi) is 6.47. The second-order valence-electron chi connectivity index (χ2n) is 11.1. The third-order valence-corrected chi connectivity index (χ3v) is 9.53. The lowest BCUT2D eigenvalue weighted by molar-refractivity contribution is -0.754. The predicted octanol–water partition coefficient (Wildman–Crippen LogP) is 5.97. The summed E-state index contributed by atoms with van der Waals surface area (Å²) in [5, 5.41) is 1.04. The van der Waals surface area contributed by atoms with E-state index >= 15 is 0 Å². The van der Waals surface area contributed by atoms with Crippen LogP contribution < -0.4 is 5.84 Å². The minimum Gasteiger partial charge on any atom is -0.266 e. The van der Waals surface area contributed by atoms with Crippen molar-refractivity contribution >= 4 is 38.8 Å². The van der Waals surface area contributed by atoms with Crippen molar-refractivity contribution < 1.29 is 17.2 Å². The third-order valence-electron chi connectivity index (χ3n) is 8.24. The SMILES string of the molecule is Cc1ccc(S(=O)(=O)OC[C@H]2C[C@@H](C3=NC(c4ccc5ccc(-c6ccccc6)nc5c4)=C4C=NC=C[N+]43N)C2)cc1. The van der Waals surface area contributed by atoms with Gasteiger partial charge in [-0.2, -0.15) is 19.3 Å². The number of hydrogen-bond donors (Lipinski definition) is 1. The number of aromatic nitrogens is 1. The van der Waals surface area contributed by atoms with Crippen LogP contribution in [0.5, 0.6) is 0 Å². The monoisotopic (exact) mass is 576 g/mol. The second-order valence-corrected chi connectivity index (χ2v) is 12.7. The molecule has 1 saturated carbocycles. The number of aryl methyl sites for hydroxylation is 1. The fraction of sp³-hybridized carbons (Fsp3) is 0.182. The fourth-order valence-electron chi connectivity index (χ4n) is 5.81. The molecule has 1 unspecified atom stereocenters. The van der Waals surface area contributed by atoms with Gasteiger partial charge in [-0.05, 0) is 49.9 Å². The maximum atomic E-state index is 12.7. The van der Waals surface area contributed by atoms with Gasteiger partial charge in [0.15, 0.2) is 0 Å². The summed E-state index contributed by atoms with van der Waals surface area (Å²) in [5.74, 6) is 7.98. The van der Waals surface area contributed by atoms with Gasteiger partial charge in [0.05, 0.1) is 41.0 Å². The number of aliphatic imine (C=N–C) groups is 2. The summed E-state index contributed by atoms with van der Waals surface area (Å²) in [5.41, 5.74) is 6.33. The molecule has 3 aliphatic rings. The smallest absolute Gasteiger partial charge is 0.266 e. The minimum atomic E-state index is -3.80. The maximum absolute atomic E-state index is 12.7. The van der Waals surface area contributed by atoms with Crippen LogP contribution in [0.3, 0.4) is 0 Å². The van der Waals surface area contributed by atoms with Gasteiger partial charge in [0.1, 0.15) is 11.9 Å². The Hall–Kier alpha value is -4.28. The van der Waals surface area contributed by atoms with Crippen LogP contribution in [0.2, 0.25) is 0 Å². The van der Waals surface area contributed by atoms with E-state index in [1.54, 1.807) is 36.7 Å². The molecule has 2 N–H and O–H groups in total. The Balaban J connectivity index is 1.12. The van der Waals surface area contributed by atoms with Crippen LogP contribution in [0, 0.1) is 18.8 Å². The molecule has 0 amide bonds. The van der Waals surface area contributed by atoms with Crippen molar-refractivity contribution in [2.75, 3.05) is 6.61 Å². The Bertz CT molecular complexity index is 1930. The predicted molar refractivity (Wildman–Crippen MR) is 164 cm³/mol. The molecule has 0 saturated heterocycles. The van der Waals surface area contributed by atoms with E-state index in [2.05, 4.69) is 35.3 Å². The first-order valence-electron chi connectivity index (χ1n) is 13.9. The first-order chi connectivity index (χ1) is 20.3. The van der Waals surface area contributed by atoms with Gasteiger partial charge in [0.2, 0.25) is 11.5 Å². The Labute approximate surface area is 244 Å². The number of nitrogens with zero attached hydrogens (tertiary/aromatic N) is 4. The van der Waals surface area contributed by atoms with E-state index in [0.29, 0.717) is 0 Å². The molecular formula is C33H30N5O3S+. The lowest BCUT2D eigenvalue weighted by Gasteiger charge is -2.38. The summed E-state index contributed by atoms with van der Waals surface area (Å²) >= 11 is 0. The van der Waals surface area contributed by atoms with Crippen LogP contribution in [-0.4, -0.2) is 36.7 Å². The fourth-order valence-corrected chi connectivity index (χ4v) is 6.78. The van der Waals surface area contributed by atoms with E-state index in [4.69, 9.17) is 20.0 Å². The summed E-state index contributed by atoms with van der Waals surface area (Å²) in [6.07, 6.45) is 6.80. The van der Waals surface area contributed by atoms with Crippen LogP contribution in [0.1, 0.15) is 24.0 Å². The quantitative estimate of drug-likeness (QED) is 0.166. The van der Waals surface area contributed by atoms with Gasteiger partial charge in [-0.3, -0.25) is 9.18 Å². The number of allylic oxidation sites excluding steroid dienone is 1. The minimum absolute atomic E-state index is 0.0335. The number of benzene rings is 3. The number of fused-ring (bicyclic) bond motifs is 2. The van der Waals surface area contributed by atoms with E-state index in [9.17, 15) is 8.42 Å². The van der Waals surface area contributed by atoms with Gasteiger partial charge in [0, 0.05) is 16.5 Å². The Morgan fingerprint density at radius 2 is 1.71 bits per heavy atom. The molecule has 3 aromatic carbocycles. The van der Waals surface area contributed by atoms with Crippen LogP contribution in [0.4, 0.5) is 0 Å². The first-order valence-corrected chi connectivity index (χ1v) is 15.4. The van der Waals surface area contributed by atoms with Crippen LogP contribution in [0.25, 0.3) is 27.9 Å². The molecule has 42 heavy (non-hydrogen) atoms. The molecule has 9 heteroatoms. The normalized spacial score (nSPS) is 23.1. The highest BCUT2D eigenvalue weighted by Gasteiger charge is 2.50. The number of rotatable bonds is 7. The molecule has 0 bridgehead atoms. The van der Waals surface area contributed by atoms with E-state index in [1.165, 1.54) is 0 Å². The molecule has 1 aliphatic carbocycles. The zero-order chi connectivity index (χ0) is 28.9. The van der Waals surface area contributed by atoms with Crippen molar-refractivity contribution in [2.24, 2.45) is 27.7 Å². The number of amidine groups is 1. The molecule has 1 aromatic heterocycles. The Morgan fingerprint density at radius 3 is 2.50 bits per heavy atom. The highest BCUT2D eigenvalue weighted by molar-refractivity contribution is 7.86. The molecule has 7 rings (SSSR count). The van der Waals surface area contributed by atoms with Gasteiger partial charge in [-0.1, -0.05) is 66.2 Å². The number of hydrogen-bond acceptors (Lipinski definition) is 7. The molecule has 1 atom stereocenters. The molecular weight excluding hydrogens is 546 g/mol. The topological polar surface area (TPSA) is 107 Å². The van der Waals surface area contributed by atoms with E-state index in [1.807, 2.05) is 43.5 Å². The highest BCUT2D eigenvalue weighted by Crippen LogP contribution is 2.44. The van der Waals surface area contributed by atoms with Crippen molar-refractivity contribution in [2.45, 2.75) is 24.7 Å². The number of pyridine rings is 1. The molecule has 210 valence electrons. The van der Waals surface area contributed by atoms with Crippen molar-refractivity contribution in [3.63, 3.8) is 0 Å². The third kappa shape index (κ3) is 4.70. The van der Waals surface area contributed by atoms with E-state index in [-0.39, 0.29) is 27.9 Å². The largest absolute Gasteiger partial charge is 0.296 e. The van der Waals surface area contributed by atoms with Crippen LogP contribution in [-0.2, 0) is 14.3 Å². The average Bonchev–Trinajstić information content (AvgIpc) is 3.29. The second kappa shape index (κ2) is 10.2. The van der Waals surface area contributed by atoms with Gasteiger partial charge in [-0.25, -0.2) is 4.98 Å². The van der Waals surface area contributed by atoms with Crippen LogP contribution >= 0.6 is 0 Å². The van der Waals surface area contributed by atoms with Crippen molar-refractivity contribution in [1.29, 1.82) is 0 Å². The average molecular weight is 577 g/mol.